The standard InChI is InChI=1S/C15H31N3/c1-3-15(2)6-11-18(12-7-15)14-4-9-17(10-5-14)13-8-16/h14H,3-13,16H2,1-2H3. The molecule has 2 heterocycles. The maximum atomic E-state index is 5.63. The van der Waals surface area contributed by atoms with Crippen LogP contribution >= 0.6 is 0 Å². The molecule has 0 amide bonds. The quantitative estimate of drug-likeness (QED) is 0.831. The zero-order valence-corrected chi connectivity index (χ0v) is 12.3. The minimum Gasteiger partial charge on any atom is -0.329 e. The Morgan fingerprint density at radius 3 is 2.22 bits per heavy atom. The predicted octanol–water partition coefficient (Wildman–Crippen LogP) is 1.92. The van der Waals surface area contributed by atoms with E-state index in [2.05, 4.69) is 23.6 Å². The molecule has 2 aliphatic rings. The van der Waals surface area contributed by atoms with E-state index in [-0.39, 0.29) is 0 Å². The Labute approximate surface area is 113 Å². The molecule has 0 aliphatic carbocycles. The van der Waals surface area contributed by atoms with E-state index in [1.807, 2.05) is 0 Å². The van der Waals surface area contributed by atoms with Crippen molar-refractivity contribution in [3.63, 3.8) is 0 Å². The van der Waals surface area contributed by atoms with Crippen molar-refractivity contribution in [2.45, 2.75) is 52.0 Å². The van der Waals surface area contributed by atoms with Crippen LogP contribution in [-0.4, -0.2) is 55.1 Å². The van der Waals surface area contributed by atoms with E-state index in [9.17, 15) is 0 Å². The molecule has 2 rings (SSSR count). The van der Waals surface area contributed by atoms with Gasteiger partial charge in [-0.3, -0.25) is 0 Å². The topological polar surface area (TPSA) is 32.5 Å². The number of nitrogens with two attached hydrogens (primary N) is 1. The molecule has 2 aliphatic heterocycles. The maximum Gasteiger partial charge on any atom is 0.0120 e. The van der Waals surface area contributed by atoms with Crippen LogP contribution < -0.4 is 5.73 Å². The average Bonchev–Trinajstić information content (AvgIpc) is 2.41. The third-order valence-corrected chi connectivity index (χ3v) is 5.38. The van der Waals surface area contributed by atoms with Gasteiger partial charge in [0.15, 0.2) is 0 Å². The van der Waals surface area contributed by atoms with E-state index >= 15 is 0 Å². The van der Waals surface area contributed by atoms with Crippen molar-refractivity contribution < 1.29 is 0 Å². The molecular weight excluding hydrogens is 222 g/mol. The fourth-order valence-electron chi connectivity index (χ4n) is 3.47. The van der Waals surface area contributed by atoms with Crippen LogP contribution in [0.3, 0.4) is 0 Å². The van der Waals surface area contributed by atoms with Crippen LogP contribution in [0.15, 0.2) is 0 Å². The highest BCUT2D eigenvalue weighted by Crippen LogP contribution is 2.35. The molecule has 2 saturated heterocycles. The van der Waals surface area contributed by atoms with Gasteiger partial charge in [-0.15, -0.1) is 0 Å². The number of likely N-dealkylation sites (tertiary alicyclic amines) is 2. The van der Waals surface area contributed by atoms with Crippen LogP contribution in [0.1, 0.15) is 46.0 Å². The van der Waals surface area contributed by atoms with E-state index in [0.717, 1.165) is 19.1 Å². The predicted molar refractivity (Wildman–Crippen MR) is 77.7 cm³/mol. The number of nitrogens with zero attached hydrogens (tertiary/aromatic N) is 2. The summed E-state index contributed by atoms with van der Waals surface area (Å²) in [5, 5.41) is 0. The highest BCUT2D eigenvalue weighted by molar-refractivity contribution is 4.87. The zero-order chi connectivity index (χ0) is 13.0. The highest BCUT2D eigenvalue weighted by atomic mass is 15.2. The molecule has 0 bridgehead atoms. The molecule has 3 heteroatoms. The summed E-state index contributed by atoms with van der Waals surface area (Å²) < 4.78 is 0. The molecule has 0 aromatic carbocycles. The summed E-state index contributed by atoms with van der Waals surface area (Å²) in [6.45, 7) is 11.9. The minimum atomic E-state index is 0.622. The van der Waals surface area contributed by atoms with E-state index < -0.39 is 0 Å². The number of hydrogen-bond acceptors (Lipinski definition) is 3. The first kappa shape index (κ1) is 14.3. The lowest BCUT2D eigenvalue weighted by Crippen LogP contribution is -2.49. The van der Waals surface area contributed by atoms with Crippen molar-refractivity contribution in [2.24, 2.45) is 11.1 Å². The van der Waals surface area contributed by atoms with Crippen molar-refractivity contribution in [1.82, 2.24) is 9.80 Å². The maximum absolute atomic E-state index is 5.63. The van der Waals surface area contributed by atoms with E-state index in [1.165, 1.54) is 58.3 Å². The van der Waals surface area contributed by atoms with Gasteiger partial charge >= 0.3 is 0 Å². The van der Waals surface area contributed by atoms with Crippen molar-refractivity contribution in [3.05, 3.63) is 0 Å². The molecule has 0 radical (unpaired) electrons. The third kappa shape index (κ3) is 3.46. The summed E-state index contributed by atoms with van der Waals surface area (Å²) in [4.78, 5) is 5.29. The molecule has 0 saturated carbocycles. The zero-order valence-electron chi connectivity index (χ0n) is 12.3. The largest absolute Gasteiger partial charge is 0.329 e. The van der Waals surface area contributed by atoms with Crippen molar-refractivity contribution in [2.75, 3.05) is 39.3 Å². The van der Waals surface area contributed by atoms with Crippen LogP contribution in [0.4, 0.5) is 0 Å². The van der Waals surface area contributed by atoms with Gasteiger partial charge in [0.1, 0.15) is 0 Å². The first-order valence-electron chi connectivity index (χ1n) is 7.83. The molecule has 18 heavy (non-hydrogen) atoms. The SMILES string of the molecule is CCC1(C)CCN(C2CCN(CCN)CC2)CC1. The summed E-state index contributed by atoms with van der Waals surface area (Å²) in [5.41, 5.74) is 6.25. The smallest absolute Gasteiger partial charge is 0.0120 e. The Balaban J connectivity index is 1.74. The third-order valence-electron chi connectivity index (χ3n) is 5.38. The summed E-state index contributed by atoms with van der Waals surface area (Å²) in [6, 6.07) is 0.848. The fraction of sp³-hybridized carbons (Fsp3) is 1.00. The molecular formula is C15H31N3. The van der Waals surface area contributed by atoms with E-state index in [4.69, 9.17) is 5.73 Å². The number of hydrogen-bond donors (Lipinski definition) is 1. The van der Waals surface area contributed by atoms with Gasteiger partial charge in [-0.25, -0.2) is 0 Å². The molecule has 2 fully saturated rings. The average molecular weight is 253 g/mol. The summed E-state index contributed by atoms with van der Waals surface area (Å²) in [6.07, 6.45) is 6.83. The first-order chi connectivity index (χ1) is 8.67. The molecule has 2 N–H and O–H groups in total. The Morgan fingerprint density at radius 1 is 1.11 bits per heavy atom. The number of piperidine rings is 2. The Bertz CT molecular complexity index is 238. The van der Waals surface area contributed by atoms with Crippen molar-refractivity contribution >= 4 is 0 Å². The molecule has 0 unspecified atom stereocenters. The summed E-state index contributed by atoms with van der Waals surface area (Å²) >= 11 is 0. The minimum absolute atomic E-state index is 0.622. The van der Waals surface area contributed by atoms with Gasteiger partial charge in [0.05, 0.1) is 0 Å². The van der Waals surface area contributed by atoms with Gasteiger partial charge in [-0.2, -0.15) is 0 Å². The van der Waals surface area contributed by atoms with Crippen molar-refractivity contribution in [1.29, 1.82) is 0 Å². The fourth-order valence-corrected chi connectivity index (χ4v) is 3.47. The van der Waals surface area contributed by atoms with Gasteiger partial charge in [0.25, 0.3) is 0 Å². The van der Waals surface area contributed by atoms with Gasteiger partial charge in [-0.1, -0.05) is 20.3 Å². The second-order valence-electron chi connectivity index (χ2n) is 6.56. The second-order valence-corrected chi connectivity index (χ2v) is 6.56. The van der Waals surface area contributed by atoms with Crippen LogP contribution in [-0.2, 0) is 0 Å². The monoisotopic (exact) mass is 253 g/mol. The Morgan fingerprint density at radius 2 is 1.72 bits per heavy atom. The number of rotatable bonds is 4. The van der Waals surface area contributed by atoms with Gasteiger partial charge in [-0.05, 0) is 57.3 Å². The first-order valence-corrected chi connectivity index (χ1v) is 7.83. The highest BCUT2D eigenvalue weighted by Gasteiger charge is 2.32. The lowest BCUT2D eigenvalue weighted by molar-refractivity contribution is 0.0491. The second kappa shape index (κ2) is 6.36. The van der Waals surface area contributed by atoms with Gasteiger partial charge in [0.2, 0.25) is 0 Å². The van der Waals surface area contributed by atoms with Gasteiger partial charge in [0, 0.05) is 19.1 Å². The van der Waals surface area contributed by atoms with Crippen molar-refractivity contribution in [3.8, 4) is 0 Å². The van der Waals surface area contributed by atoms with E-state index in [1.54, 1.807) is 0 Å². The van der Waals surface area contributed by atoms with Gasteiger partial charge < -0.3 is 15.5 Å². The van der Waals surface area contributed by atoms with Crippen LogP contribution in [0, 0.1) is 5.41 Å². The van der Waals surface area contributed by atoms with E-state index in [0.29, 0.717) is 5.41 Å². The lowest BCUT2D eigenvalue weighted by atomic mass is 9.77. The summed E-state index contributed by atoms with van der Waals surface area (Å²) in [5.74, 6) is 0. The Kier molecular flexibility index (Phi) is 5.05. The molecule has 0 spiro atoms. The summed E-state index contributed by atoms with van der Waals surface area (Å²) in [7, 11) is 0. The van der Waals surface area contributed by atoms with Crippen LogP contribution in [0.25, 0.3) is 0 Å². The molecule has 106 valence electrons. The van der Waals surface area contributed by atoms with Crippen LogP contribution in [0.2, 0.25) is 0 Å². The lowest BCUT2D eigenvalue weighted by Gasteiger charge is -2.45. The molecule has 0 atom stereocenters. The molecule has 3 nitrogen and oxygen atoms in total. The molecule has 0 aromatic rings. The molecule has 0 aromatic heterocycles. The normalized spacial score (nSPS) is 27.5. The van der Waals surface area contributed by atoms with Crippen LogP contribution in [0.5, 0.6) is 0 Å². The Hall–Kier alpha value is -0.120.